The van der Waals surface area contributed by atoms with Crippen LogP contribution in [0.3, 0.4) is 0 Å². The van der Waals surface area contributed by atoms with Gasteiger partial charge in [-0.25, -0.2) is 0 Å². The summed E-state index contributed by atoms with van der Waals surface area (Å²) in [6.45, 7) is 1.59. The van der Waals surface area contributed by atoms with Crippen molar-refractivity contribution in [3.8, 4) is 0 Å². The van der Waals surface area contributed by atoms with E-state index in [1.54, 1.807) is 13.1 Å². The number of benzene rings is 1. The van der Waals surface area contributed by atoms with Gasteiger partial charge in [0.1, 0.15) is 0 Å². The molecule has 0 spiro atoms. The van der Waals surface area contributed by atoms with Gasteiger partial charge in [-0.3, -0.25) is 9.78 Å². The monoisotopic (exact) mass is 259 g/mol. The number of ketones is 1. The molecule has 3 rings (SSSR count). The Hall–Kier alpha value is -1.41. The Morgan fingerprint density at radius 2 is 2.11 bits per heavy atom. The van der Waals surface area contributed by atoms with Gasteiger partial charge in [0.05, 0.1) is 10.7 Å². The SMILES string of the molecule is CC(=O)c1ccc2c(Cl)cnc(C3CCC3)c2c1. The maximum absolute atomic E-state index is 11.5. The second-order valence-electron chi connectivity index (χ2n) is 4.94. The van der Waals surface area contributed by atoms with E-state index >= 15 is 0 Å². The third-order valence-corrected chi connectivity index (χ3v) is 4.07. The first kappa shape index (κ1) is 11.7. The maximum atomic E-state index is 11.5. The number of rotatable bonds is 2. The number of fused-ring (bicyclic) bond motifs is 1. The van der Waals surface area contributed by atoms with Crippen LogP contribution in [0.25, 0.3) is 10.8 Å². The summed E-state index contributed by atoms with van der Waals surface area (Å²) in [6, 6.07) is 5.70. The van der Waals surface area contributed by atoms with Crippen LogP contribution in [0.1, 0.15) is 48.2 Å². The molecule has 2 nitrogen and oxygen atoms in total. The van der Waals surface area contributed by atoms with E-state index in [9.17, 15) is 4.79 Å². The standard InChI is InChI=1S/C15H14ClNO/c1-9(18)11-5-6-12-13(7-11)15(10-3-2-4-10)17-8-14(12)16/h5-8,10H,2-4H2,1H3. The molecular weight excluding hydrogens is 246 g/mol. The molecule has 1 heterocycles. The highest BCUT2D eigenvalue weighted by Crippen LogP contribution is 2.39. The average Bonchev–Trinajstić information content (AvgIpc) is 2.30. The minimum absolute atomic E-state index is 0.0800. The first-order valence-corrected chi connectivity index (χ1v) is 6.63. The minimum Gasteiger partial charge on any atom is -0.295 e. The van der Waals surface area contributed by atoms with E-state index < -0.39 is 0 Å². The lowest BCUT2D eigenvalue weighted by molar-refractivity contribution is 0.101. The number of aromatic nitrogens is 1. The largest absolute Gasteiger partial charge is 0.295 e. The van der Waals surface area contributed by atoms with Gasteiger partial charge in [0, 0.05) is 28.5 Å². The molecule has 0 N–H and O–H groups in total. The van der Waals surface area contributed by atoms with E-state index in [1.165, 1.54) is 19.3 Å². The molecule has 1 fully saturated rings. The molecule has 0 amide bonds. The summed E-state index contributed by atoms with van der Waals surface area (Å²) in [5.41, 5.74) is 1.83. The van der Waals surface area contributed by atoms with Gasteiger partial charge in [0.2, 0.25) is 0 Å². The van der Waals surface area contributed by atoms with Crippen LogP contribution in [0.4, 0.5) is 0 Å². The van der Waals surface area contributed by atoms with Crippen LogP contribution >= 0.6 is 11.6 Å². The van der Waals surface area contributed by atoms with Crippen molar-refractivity contribution in [2.75, 3.05) is 0 Å². The molecule has 0 atom stereocenters. The molecule has 0 radical (unpaired) electrons. The Labute approximate surface area is 111 Å². The van der Waals surface area contributed by atoms with Gasteiger partial charge < -0.3 is 0 Å². The van der Waals surface area contributed by atoms with Crippen LogP contribution < -0.4 is 0 Å². The third-order valence-electron chi connectivity index (χ3n) is 3.77. The molecular formula is C15H14ClNO. The first-order valence-electron chi connectivity index (χ1n) is 6.26. The normalized spacial score (nSPS) is 15.7. The van der Waals surface area contributed by atoms with Gasteiger partial charge in [-0.05, 0) is 25.8 Å². The van der Waals surface area contributed by atoms with Crippen molar-refractivity contribution in [1.82, 2.24) is 4.98 Å². The summed E-state index contributed by atoms with van der Waals surface area (Å²) >= 11 is 6.18. The summed E-state index contributed by atoms with van der Waals surface area (Å²) in [5.74, 6) is 0.614. The van der Waals surface area contributed by atoms with Crippen LogP contribution in [0.15, 0.2) is 24.4 Å². The van der Waals surface area contributed by atoms with Gasteiger partial charge >= 0.3 is 0 Å². The minimum atomic E-state index is 0.0800. The molecule has 0 bridgehead atoms. The van der Waals surface area contributed by atoms with E-state index in [4.69, 9.17) is 11.6 Å². The highest BCUT2D eigenvalue weighted by Gasteiger charge is 2.23. The molecule has 18 heavy (non-hydrogen) atoms. The van der Waals surface area contributed by atoms with Gasteiger partial charge in [0.25, 0.3) is 0 Å². The molecule has 92 valence electrons. The molecule has 1 aliphatic carbocycles. The zero-order valence-corrected chi connectivity index (χ0v) is 11.0. The first-order chi connectivity index (χ1) is 8.66. The van der Waals surface area contributed by atoms with E-state index in [0.717, 1.165) is 22.0 Å². The fourth-order valence-electron chi connectivity index (χ4n) is 2.46. The van der Waals surface area contributed by atoms with Crippen LogP contribution in [-0.2, 0) is 0 Å². The number of pyridine rings is 1. The third kappa shape index (κ3) is 1.81. The topological polar surface area (TPSA) is 30.0 Å². The second kappa shape index (κ2) is 4.36. The molecule has 2 aromatic rings. The average molecular weight is 260 g/mol. The van der Waals surface area contributed by atoms with E-state index in [2.05, 4.69) is 4.98 Å². The molecule has 1 saturated carbocycles. The van der Waals surface area contributed by atoms with E-state index in [-0.39, 0.29) is 5.78 Å². The number of nitrogens with zero attached hydrogens (tertiary/aromatic N) is 1. The van der Waals surface area contributed by atoms with Crippen molar-refractivity contribution in [2.24, 2.45) is 0 Å². The highest BCUT2D eigenvalue weighted by atomic mass is 35.5. The zero-order chi connectivity index (χ0) is 12.7. The number of Topliss-reactive ketones (excluding diaryl/α,β-unsaturated/α-hetero) is 1. The zero-order valence-electron chi connectivity index (χ0n) is 10.2. The fourth-order valence-corrected chi connectivity index (χ4v) is 2.67. The second-order valence-corrected chi connectivity index (χ2v) is 5.34. The van der Waals surface area contributed by atoms with E-state index in [1.807, 2.05) is 18.2 Å². The van der Waals surface area contributed by atoms with Crippen LogP contribution in [0.2, 0.25) is 5.02 Å². The van der Waals surface area contributed by atoms with Crippen LogP contribution in [-0.4, -0.2) is 10.8 Å². The summed E-state index contributed by atoms with van der Waals surface area (Å²) in [4.78, 5) is 16.0. The number of halogens is 1. The van der Waals surface area contributed by atoms with Crippen molar-refractivity contribution >= 4 is 28.2 Å². The molecule has 0 unspecified atom stereocenters. The predicted molar refractivity (Wildman–Crippen MR) is 73.3 cm³/mol. The van der Waals surface area contributed by atoms with Crippen LogP contribution in [0, 0.1) is 0 Å². The number of carbonyl (C=O) groups excluding carboxylic acids is 1. The van der Waals surface area contributed by atoms with Crippen molar-refractivity contribution in [1.29, 1.82) is 0 Å². The Balaban J connectivity index is 2.25. The quantitative estimate of drug-likeness (QED) is 0.750. The summed E-state index contributed by atoms with van der Waals surface area (Å²) < 4.78 is 0. The van der Waals surface area contributed by atoms with Crippen molar-refractivity contribution in [3.05, 3.63) is 40.7 Å². The lowest BCUT2D eigenvalue weighted by atomic mass is 9.81. The Morgan fingerprint density at radius 1 is 1.33 bits per heavy atom. The summed E-state index contributed by atoms with van der Waals surface area (Å²) in [6.07, 6.45) is 5.37. The van der Waals surface area contributed by atoms with Crippen molar-refractivity contribution < 1.29 is 4.79 Å². The van der Waals surface area contributed by atoms with Gasteiger partial charge in [-0.1, -0.05) is 30.2 Å². The Bertz CT molecular complexity index is 632. The molecule has 0 aliphatic heterocycles. The highest BCUT2D eigenvalue weighted by molar-refractivity contribution is 6.35. The lowest BCUT2D eigenvalue weighted by Crippen LogP contribution is -2.11. The lowest BCUT2D eigenvalue weighted by Gasteiger charge is -2.26. The van der Waals surface area contributed by atoms with Crippen LogP contribution in [0.5, 0.6) is 0 Å². The van der Waals surface area contributed by atoms with Crippen molar-refractivity contribution in [3.63, 3.8) is 0 Å². The number of hydrogen-bond donors (Lipinski definition) is 0. The smallest absolute Gasteiger partial charge is 0.159 e. The summed E-state index contributed by atoms with van der Waals surface area (Å²) in [5, 5.41) is 2.70. The number of hydrogen-bond acceptors (Lipinski definition) is 2. The molecule has 0 saturated heterocycles. The fraction of sp³-hybridized carbons (Fsp3) is 0.333. The van der Waals surface area contributed by atoms with Gasteiger partial charge in [-0.2, -0.15) is 0 Å². The maximum Gasteiger partial charge on any atom is 0.159 e. The predicted octanol–water partition coefficient (Wildman–Crippen LogP) is 4.36. The van der Waals surface area contributed by atoms with Crippen molar-refractivity contribution in [2.45, 2.75) is 32.1 Å². The molecule has 1 aliphatic rings. The molecule has 1 aromatic heterocycles. The summed E-state index contributed by atoms with van der Waals surface area (Å²) in [7, 11) is 0. The number of carbonyl (C=O) groups is 1. The Kier molecular flexibility index (Phi) is 2.83. The van der Waals surface area contributed by atoms with E-state index in [0.29, 0.717) is 10.9 Å². The molecule has 1 aromatic carbocycles. The van der Waals surface area contributed by atoms with Gasteiger partial charge in [-0.15, -0.1) is 0 Å². The van der Waals surface area contributed by atoms with Gasteiger partial charge in [0.15, 0.2) is 5.78 Å². The Morgan fingerprint density at radius 3 is 2.72 bits per heavy atom. The molecule has 3 heteroatoms.